The zero-order valence-electron chi connectivity index (χ0n) is 64.0. The Labute approximate surface area is 589 Å². The molecule has 0 aliphatic carbocycles. The number of unbranched alkanes of at least 4 members (excludes halogenated alkanes) is 65. The summed E-state index contributed by atoms with van der Waals surface area (Å²) >= 11 is 0. The third-order valence-corrected chi connectivity index (χ3v) is 20.4. The van der Waals surface area contributed by atoms with E-state index in [4.69, 9.17) is 4.74 Å². The van der Waals surface area contributed by atoms with Crippen LogP contribution in [-0.2, 0) is 14.3 Å². The molecule has 0 spiro atoms. The van der Waals surface area contributed by atoms with Gasteiger partial charge >= 0.3 is 5.97 Å². The highest BCUT2D eigenvalue weighted by molar-refractivity contribution is 5.76. The molecule has 94 heavy (non-hydrogen) atoms. The quantitative estimate of drug-likeness (QED) is 0.0320. The van der Waals surface area contributed by atoms with Crippen LogP contribution in [-0.4, -0.2) is 47.4 Å². The van der Waals surface area contributed by atoms with E-state index in [-0.39, 0.29) is 18.5 Å². The number of carbonyl (C=O) groups excluding carboxylic acids is 2. The normalized spacial score (nSPS) is 12.6. The van der Waals surface area contributed by atoms with Crippen LogP contribution in [0.1, 0.15) is 489 Å². The number of carbonyl (C=O) groups is 2. The third-order valence-electron chi connectivity index (χ3n) is 20.4. The molecule has 6 nitrogen and oxygen atoms in total. The number of esters is 1. The van der Waals surface area contributed by atoms with E-state index in [0.717, 1.165) is 51.4 Å². The first-order valence-corrected chi connectivity index (χ1v) is 43.2. The van der Waals surface area contributed by atoms with Crippen molar-refractivity contribution in [1.29, 1.82) is 0 Å². The molecule has 6 heteroatoms. The second-order valence-corrected chi connectivity index (χ2v) is 29.9. The zero-order chi connectivity index (χ0) is 67.7. The minimum atomic E-state index is -0.663. The van der Waals surface area contributed by atoms with Crippen LogP contribution < -0.4 is 5.32 Å². The summed E-state index contributed by atoms with van der Waals surface area (Å²) in [4.78, 5) is 24.7. The van der Waals surface area contributed by atoms with E-state index in [9.17, 15) is 19.8 Å². The van der Waals surface area contributed by atoms with Crippen molar-refractivity contribution in [2.24, 2.45) is 0 Å². The molecule has 0 aliphatic rings. The molecule has 0 aliphatic heterocycles. The van der Waals surface area contributed by atoms with Crippen molar-refractivity contribution in [3.8, 4) is 0 Å². The van der Waals surface area contributed by atoms with Gasteiger partial charge in [0.15, 0.2) is 0 Å². The first-order chi connectivity index (χ1) is 46.5. The highest BCUT2D eigenvalue weighted by Gasteiger charge is 2.20. The van der Waals surface area contributed by atoms with Crippen molar-refractivity contribution in [2.45, 2.75) is 501 Å². The van der Waals surface area contributed by atoms with Gasteiger partial charge in [0.05, 0.1) is 25.4 Å². The van der Waals surface area contributed by atoms with Crippen molar-refractivity contribution >= 4 is 11.9 Å². The molecule has 1 amide bonds. The topological polar surface area (TPSA) is 95.9 Å². The van der Waals surface area contributed by atoms with Crippen molar-refractivity contribution in [2.75, 3.05) is 13.2 Å². The largest absolute Gasteiger partial charge is 0.466 e. The number of rotatable bonds is 82. The summed E-state index contributed by atoms with van der Waals surface area (Å²) in [7, 11) is 0. The van der Waals surface area contributed by atoms with Gasteiger partial charge in [0.25, 0.3) is 0 Å². The molecule has 0 saturated heterocycles. The Morgan fingerprint density at radius 1 is 0.298 bits per heavy atom. The van der Waals surface area contributed by atoms with E-state index in [1.54, 1.807) is 0 Å². The molecule has 2 atom stereocenters. The van der Waals surface area contributed by atoms with Gasteiger partial charge in [-0.3, -0.25) is 9.59 Å². The molecule has 0 aromatic heterocycles. The molecule has 0 fully saturated rings. The number of hydrogen-bond acceptors (Lipinski definition) is 5. The lowest BCUT2D eigenvalue weighted by Crippen LogP contribution is -2.45. The summed E-state index contributed by atoms with van der Waals surface area (Å²) in [5.41, 5.74) is 0. The predicted octanol–water partition coefficient (Wildman–Crippen LogP) is 28.9. The minimum absolute atomic E-state index is 0.00920. The van der Waals surface area contributed by atoms with Gasteiger partial charge < -0.3 is 20.3 Å². The summed E-state index contributed by atoms with van der Waals surface area (Å²) in [6.45, 7) is 4.98. The summed E-state index contributed by atoms with van der Waals surface area (Å²) in [6.07, 6.45) is 110. The van der Waals surface area contributed by atoms with E-state index in [1.807, 2.05) is 0 Å². The maximum absolute atomic E-state index is 12.6. The zero-order valence-corrected chi connectivity index (χ0v) is 64.0. The number of allylic oxidation sites excluding steroid dienone is 6. The molecule has 3 N–H and O–H groups in total. The number of nitrogens with one attached hydrogen (secondary N) is 1. The maximum Gasteiger partial charge on any atom is 0.305 e. The van der Waals surface area contributed by atoms with Gasteiger partial charge in [-0.05, 0) is 83.5 Å². The van der Waals surface area contributed by atoms with E-state index in [1.165, 1.54) is 405 Å². The number of aliphatic hydroxyl groups is 2. The number of amides is 1. The summed E-state index contributed by atoms with van der Waals surface area (Å²) in [5.74, 6) is -0.0155. The Balaban J connectivity index is 3.33. The van der Waals surface area contributed by atoms with Gasteiger partial charge in [-0.1, -0.05) is 429 Å². The number of aliphatic hydroxyl groups excluding tert-OH is 2. The lowest BCUT2D eigenvalue weighted by molar-refractivity contribution is -0.143. The van der Waals surface area contributed by atoms with Gasteiger partial charge in [0, 0.05) is 12.8 Å². The van der Waals surface area contributed by atoms with Gasteiger partial charge in [0.1, 0.15) is 0 Å². The summed E-state index contributed by atoms with van der Waals surface area (Å²) in [5, 5.41) is 23.5. The Morgan fingerprint density at radius 3 is 0.840 bits per heavy atom. The molecule has 0 rings (SSSR count). The lowest BCUT2D eigenvalue weighted by Gasteiger charge is -2.22. The fourth-order valence-corrected chi connectivity index (χ4v) is 13.8. The average Bonchev–Trinajstić information content (AvgIpc) is 3.63. The molecule has 0 aromatic rings. The number of ether oxygens (including phenoxy) is 1. The van der Waals surface area contributed by atoms with Gasteiger partial charge in [-0.2, -0.15) is 0 Å². The van der Waals surface area contributed by atoms with Crippen LogP contribution in [0.4, 0.5) is 0 Å². The fraction of sp³-hybridized carbons (Fsp3) is 0.909. The van der Waals surface area contributed by atoms with Crippen LogP contribution >= 0.6 is 0 Å². The molecular formula is C88H169NO5. The van der Waals surface area contributed by atoms with Gasteiger partial charge in [-0.25, -0.2) is 0 Å². The SMILES string of the molecule is CCCCC/C=C\C/C=C\CCCCCCCC(=O)OCCCCCCCCCCCCCCCCCCCC/C=C\CCCCCCCCCCCCCCCCCCCC(=O)NC(CO)C(O)CCCCCCCCCCCCCCCCCCCCCCCCC. The average molecular weight is 1320 g/mol. The van der Waals surface area contributed by atoms with Crippen LogP contribution in [0.15, 0.2) is 36.5 Å². The van der Waals surface area contributed by atoms with Crippen LogP contribution in [0.5, 0.6) is 0 Å². The molecule has 0 saturated carbocycles. The lowest BCUT2D eigenvalue weighted by atomic mass is 10.0. The van der Waals surface area contributed by atoms with Crippen LogP contribution in [0.3, 0.4) is 0 Å². The summed E-state index contributed by atoms with van der Waals surface area (Å²) < 4.78 is 5.50. The molecular weight excluding hydrogens is 1150 g/mol. The van der Waals surface area contributed by atoms with E-state index in [0.29, 0.717) is 25.9 Å². The van der Waals surface area contributed by atoms with Crippen molar-refractivity contribution < 1.29 is 24.5 Å². The molecule has 0 aromatic carbocycles. The first kappa shape index (κ1) is 92.1. The molecule has 0 bridgehead atoms. The second kappa shape index (κ2) is 83.5. The Kier molecular flexibility index (Phi) is 81.8. The minimum Gasteiger partial charge on any atom is -0.466 e. The standard InChI is InChI=1S/C88H169NO5/c1-3-5-7-9-11-13-15-17-19-20-21-22-40-43-46-49-53-56-60-64-68-72-76-80-86(91)85(84-90)89-87(92)81-77-73-69-65-61-57-54-50-47-44-41-38-36-34-32-30-28-26-24-23-25-27-29-31-33-35-37-39-42-45-48-51-55-59-63-67-71-75-79-83-94-88(93)82-78-74-70-66-62-58-52-18-16-14-12-10-8-6-4-2/h12,14,18,23-24,52,85-86,90-91H,3-11,13,15-17,19-22,25-51,53-84H2,1-2H3,(H,89,92)/b14-12-,24-23-,52-18-. The van der Waals surface area contributed by atoms with Crippen LogP contribution in [0, 0.1) is 0 Å². The molecule has 0 heterocycles. The van der Waals surface area contributed by atoms with Crippen molar-refractivity contribution in [1.82, 2.24) is 5.32 Å². The molecule has 0 radical (unpaired) electrons. The highest BCUT2D eigenvalue weighted by atomic mass is 16.5. The number of hydrogen-bond donors (Lipinski definition) is 3. The summed E-state index contributed by atoms with van der Waals surface area (Å²) in [6, 6.07) is -0.540. The Hall–Kier alpha value is -1.92. The van der Waals surface area contributed by atoms with E-state index in [2.05, 4.69) is 55.6 Å². The molecule has 2 unspecified atom stereocenters. The maximum atomic E-state index is 12.6. The van der Waals surface area contributed by atoms with E-state index < -0.39 is 12.1 Å². The van der Waals surface area contributed by atoms with Crippen LogP contribution in [0.2, 0.25) is 0 Å². The van der Waals surface area contributed by atoms with E-state index >= 15 is 0 Å². The van der Waals surface area contributed by atoms with Gasteiger partial charge in [-0.15, -0.1) is 0 Å². The second-order valence-electron chi connectivity index (χ2n) is 29.9. The third kappa shape index (κ3) is 79.1. The highest BCUT2D eigenvalue weighted by Crippen LogP contribution is 2.21. The predicted molar refractivity (Wildman–Crippen MR) is 416 cm³/mol. The smallest absolute Gasteiger partial charge is 0.305 e. The van der Waals surface area contributed by atoms with Gasteiger partial charge in [0.2, 0.25) is 5.91 Å². The van der Waals surface area contributed by atoms with Crippen LogP contribution in [0.25, 0.3) is 0 Å². The van der Waals surface area contributed by atoms with Crippen molar-refractivity contribution in [3.63, 3.8) is 0 Å². The Bertz CT molecular complexity index is 1520. The fourth-order valence-electron chi connectivity index (χ4n) is 13.8. The first-order valence-electron chi connectivity index (χ1n) is 43.2. The van der Waals surface area contributed by atoms with Crippen molar-refractivity contribution in [3.05, 3.63) is 36.5 Å². The monoisotopic (exact) mass is 1320 g/mol. The Morgan fingerprint density at radius 2 is 0.532 bits per heavy atom. The molecule has 556 valence electrons.